The lowest BCUT2D eigenvalue weighted by Crippen LogP contribution is -2.42. The van der Waals surface area contributed by atoms with E-state index in [2.05, 4.69) is 18.3 Å². The van der Waals surface area contributed by atoms with E-state index in [0.29, 0.717) is 6.42 Å². The number of para-hydroxylation sites is 1. The quantitative estimate of drug-likeness (QED) is 0.887. The minimum atomic E-state index is -0.508. The molecular weight excluding hydrogens is 243 g/mol. The Bertz CT molecular complexity index is 471. The molecule has 19 heavy (non-hydrogen) atoms. The van der Waals surface area contributed by atoms with Gasteiger partial charge in [-0.2, -0.15) is 5.26 Å². The van der Waals surface area contributed by atoms with E-state index in [1.807, 2.05) is 0 Å². The number of nitrogens with one attached hydrogen (secondary N) is 1. The molecule has 102 valence electrons. The van der Waals surface area contributed by atoms with Crippen molar-refractivity contribution in [1.82, 2.24) is 5.32 Å². The van der Waals surface area contributed by atoms with Crippen LogP contribution in [-0.4, -0.2) is 18.2 Å². The first-order valence-electron chi connectivity index (χ1n) is 6.76. The highest BCUT2D eigenvalue weighted by atomic mass is 19.1. The normalized spacial score (nSPS) is 26.1. The first-order chi connectivity index (χ1) is 9.19. The third-order valence-electron chi connectivity index (χ3n) is 3.53. The van der Waals surface area contributed by atoms with Gasteiger partial charge in [0.2, 0.25) is 0 Å². The van der Waals surface area contributed by atoms with Crippen LogP contribution in [-0.2, 0) is 0 Å². The number of nitriles is 1. The molecule has 4 heteroatoms. The minimum absolute atomic E-state index is 0.0964. The summed E-state index contributed by atoms with van der Waals surface area (Å²) in [6.45, 7) is 2.89. The lowest BCUT2D eigenvalue weighted by atomic mass is 9.99. The second kappa shape index (κ2) is 6.03. The molecule has 1 saturated carbocycles. The van der Waals surface area contributed by atoms with Crippen LogP contribution >= 0.6 is 0 Å². The van der Waals surface area contributed by atoms with E-state index < -0.39 is 5.54 Å². The Morgan fingerprint density at radius 3 is 3.00 bits per heavy atom. The van der Waals surface area contributed by atoms with Gasteiger partial charge in [0, 0.05) is 6.42 Å². The van der Waals surface area contributed by atoms with Crippen LogP contribution in [0.1, 0.15) is 32.6 Å². The van der Waals surface area contributed by atoms with Gasteiger partial charge in [0.25, 0.3) is 0 Å². The van der Waals surface area contributed by atoms with Gasteiger partial charge >= 0.3 is 0 Å². The number of rotatable bonds is 5. The van der Waals surface area contributed by atoms with Crippen LogP contribution in [0, 0.1) is 17.1 Å². The van der Waals surface area contributed by atoms with E-state index in [9.17, 15) is 9.65 Å². The van der Waals surface area contributed by atoms with Crippen LogP contribution in [0.2, 0.25) is 0 Å². The van der Waals surface area contributed by atoms with Crippen molar-refractivity contribution >= 4 is 0 Å². The molecule has 3 nitrogen and oxygen atoms in total. The predicted molar refractivity (Wildman–Crippen MR) is 71.3 cm³/mol. The molecule has 1 aromatic rings. The molecule has 0 saturated heterocycles. The first-order valence-corrected chi connectivity index (χ1v) is 6.76. The summed E-state index contributed by atoms with van der Waals surface area (Å²) in [7, 11) is 0. The van der Waals surface area contributed by atoms with Crippen LogP contribution in [0.15, 0.2) is 24.3 Å². The van der Waals surface area contributed by atoms with Gasteiger partial charge in [-0.3, -0.25) is 5.32 Å². The molecule has 0 bridgehead atoms. The second-order valence-electron chi connectivity index (χ2n) is 5.03. The topological polar surface area (TPSA) is 45.0 Å². The zero-order chi connectivity index (χ0) is 13.7. The summed E-state index contributed by atoms with van der Waals surface area (Å²) >= 11 is 0. The van der Waals surface area contributed by atoms with Crippen LogP contribution in [0.25, 0.3) is 0 Å². The van der Waals surface area contributed by atoms with Crippen molar-refractivity contribution in [2.45, 2.75) is 44.2 Å². The monoisotopic (exact) mass is 262 g/mol. The second-order valence-corrected chi connectivity index (χ2v) is 5.03. The smallest absolute Gasteiger partial charge is 0.165 e. The Morgan fingerprint density at radius 2 is 2.32 bits per heavy atom. The average Bonchev–Trinajstić information content (AvgIpc) is 2.83. The van der Waals surface area contributed by atoms with Crippen LogP contribution in [0.4, 0.5) is 4.39 Å². The molecular formula is C15H19FN2O. The van der Waals surface area contributed by atoms with Gasteiger partial charge in [0.1, 0.15) is 11.6 Å². The van der Waals surface area contributed by atoms with Crippen LogP contribution in [0.3, 0.4) is 0 Å². The summed E-state index contributed by atoms with van der Waals surface area (Å²) in [5.41, 5.74) is -0.508. The van der Waals surface area contributed by atoms with E-state index in [0.717, 1.165) is 25.8 Å². The molecule has 2 rings (SSSR count). The van der Waals surface area contributed by atoms with Gasteiger partial charge in [0.15, 0.2) is 11.6 Å². The van der Waals surface area contributed by atoms with Crippen LogP contribution < -0.4 is 10.1 Å². The van der Waals surface area contributed by atoms with E-state index >= 15 is 0 Å². The average molecular weight is 262 g/mol. The van der Waals surface area contributed by atoms with Crippen molar-refractivity contribution in [2.75, 3.05) is 6.54 Å². The third-order valence-corrected chi connectivity index (χ3v) is 3.53. The van der Waals surface area contributed by atoms with Gasteiger partial charge in [-0.1, -0.05) is 19.1 Å². The molecule has 0 spiro atoms. The molecule has 0 aromatic heterocycles. The largest absolute Gasteiger partial charge is 0.487 e. The van der Waals surface area contributed by atoms with E-state index in [-0.39, 0.29) is 17.7 Å². The zero-order valence-corrected chi connectivity index (χ0v) is 11.2. The highest BCUT2D eigenvalue weighted by molar-refractivity contribution is 5.24. The molecule has 1 fully saturated rings. The maximum Gasteiger partial charge on any atom is 0.165 e. The number of benzene rings is 1. The molecule has 0 heterocycles. The molecule has 0 radical (unpaired) electrons. The molecule has 2 unspecified atom stereocenters. The fourth-order valence-corrected chi connectivity index (χ4v) is 2.49. The van der Waals surface area contributed by atoms with Crippen molar-refractivity contribution in [3.63, 3.8) is 0 Å². The molecule has 2 atom stereocenters. The van der Waals surface area contributed by atoms with Gasteiger partial charge in [-0.05, 0) is 37.9 Å². The summed E-state index contributed by atoms with van der Waals surface area (Å²) in [6, 6.07) is 8.76. The highest BCUT2D eigenvalue weighted by Gasteiger charge is 2.40. The fraction of sp³-hybridized carbons (Fsp3) is 0.533. The molecule has 1 N–H and O–H groups in total. The summed E-state index contributed by atoms with van der Waals surface area (Å²) in [5, 5.41) is 12.6. The van der Waals surface area contributed by atoms with Gasteiger partial charge in [-0.15, -0.1) is 0 Å². The standard InChI is InChI=1S/C15H19FN2O/c1-2-9-18-15(11-17)8-7-12(10-15)19-14-6-4-3-5-13(14)16/h3-6,12,18H,2,7-10H2,1H3. The molecule has 1 aliphatic rings. The van der Waals surface area contributed by atoms with Crippen LogP contribution in [0.5, 0.6) is 5.75 Å². The maximum absolute atomic E-state index is 13.5. The molecule has 1 aliphatic carbocycles. The summed E-state index contributed by atoms with van der Waals surface area (Å²) in [6.07, 6.45) is 3.03. The maximum atomic E-state index is 13.5. The summed E-state index contributed by atoms with van der Waals surface area (Å²) < 4.78 is 19.2. The first kappa shape index (κ1) is 13.8. The number of hydrogen-bond acceptors (Lipinski definition) is 3. The third kappa shape index (κ3) is 3.24. The summed E-state index contributed by atoms with van der Waals surface area (Å²) in [5.74, 6) is -0.0739. The highest BCUT2D eigenvalue weighted by Crippen LogP contribution is 2.33. The Kier molecular flexibility index (Phi) is 4.39. The molecule has 1 aromatic carbocycles. The van der Waals surface area contributed by atoms with Crippen molar-refractivity contribution in [3.8, 4) is 11.8 Å². The Morgan fingerprint density at radius 1 is 1.53 bits per heavy atom. The van der Waals surface area contributed by atoms with E-state index in [4.69, 9.17) is 4.74 Å². The van der Waals surface area contributed by atoms with Gasteiger partial charge < -0.3 is 4.74 Å². The fourth-order valence-electron chi connectivity index (χ4n) is 2.49. The number of halogens is 1. The van der Waals surface area contributed by atoms with Gasteiger partial charge in [0.05, 0.1) is 6.07 Å². The number of ether oxygens (including phenoxy) is 1. The SMILES string of the molecule is CCCNC1(C#N)CCC(Oc2ccccc2F)C1. The van der Waals surface area contributed by atoms with E-state index in [1.165, 1.54) is 6.07 Å². The lowest BCUT2D eigenvalue weighted by Gasteiger charge is -2.22. The molecule has 0 aliphatic heterocycles. The Balaban J connectivity index is 1.98. The summed E-state index contributed by atoms with van der Waals surface area (Å²) in [4.78, 5) is 0. The van der Waals surface area contributed by atoms with Crippen molar-refractivity contribution in [3.05, 3.63) is 30.1 Å². The molecule has 0 amide bonds. The van der Waals surface area contributed by atoms with Crippen molar-refractivity contribution < 1.29 is 9.13 Å². The number of nitrogens with zero attached hydrogens (tertiary/aromatic N) is 1. The number of hydrogen-bond donors (Lipinski definition) is 1. The predicted octanol–water partition coefficient (Wildman–Crippen LogP) is 3.02. The van der Waals surface area contributed by atoms with E-state index in [1.54, 1.807) is 18.2 Å². The Hall–Kier alpha value is -1.60. The Labute approximate surface area is 113 Å². The van der Waals surface area contributed by atoms with Crippen molar-refractivity contribution in [1.29, 1.82) is 5.26 Å². The zero-order valence-electron chi connectivity index (χ0n) is 11.2. The van der Waals surface area contributed by atoms with Gasteiger partial charge in [-0.25, -0.2) is 4.39 Å². The lowest BCUT2D eigenvalue weighted by molar-refractivity contribution is 0.192. The van der Waals surface area contributed by atoms with Crippen molar-refractivity contribution in [2.24, 2.45) is 0 Å². The minimum Gasteiger partial charge on any atom is -0.487 e.